The van der Waals surface area contributed by atoms with E-state index in [4.69, 9.17) is 25.5 Å². The average Bonchev–Trinajstić information content (AvgIpc) is 3.43. The van der Waals surface area contributed by atoms with Crippen LogP contribution >= 0.6 is 11.6 Å². The molecular weight excluding hydrogens is 464 g/mol. The first kappa shape index (κ1) is 25.1. The highest BCUT2D eigenvalue weighted by Gasteiger charge is 2.33. The minimum absolute atomic E-state index is 0.0187. The Morgan fingerprint density at radius 3 is 2.51 bits per heavy atom. The quantitative estimate of drug-likeness (QED) is 0.389. The summed E-state index contributed by atoms with van der Waals surface area (Å²) in [5.41, 5.74) is 2.20. The maximum absolute atomic E-state index is 13.2. The molecule has 2 heterocycles. The summed E-state index contributed by atoms with van der Waals surface area (Å²) >= 11 is 6.50. The van der Waals surface area contributed by atoms with Crippen molar-refractivity contribution in [3.63, 3.8) is 0 Å². The van der Waals surface area contributed by atoms with Crippen molar-refractivity contribution in [2.75, 3.05) is 34.4 Å². The van der Waals surface area contributed by atoms with Gasteiger partial charge in [0.2, 0.25) is 0 Å². The van der Waals surface area contributed by atoms with E-state index in [2.05, 4.69) is 11.0 Å². The fourth-order valence-corrected chi connectivity index (χ4v) is 5.17. The lowest BCUT2D eigenvalue weighted by molar-refractivity contribution is 0.0555. The summed E-state index contributed by atoms with van der Waals surface area (Å²) in [6.45, 7) is 2.71. The highest BCUT2D eigenvalue weighted by Crippen LogP contribution is 2.31. The van der Waals surface area contributed by atoms with Gasteiger partial charge >= 0.3 is 0 Å². The van der Waals surface area contributed by atoms with E-state index in [0.29, 0.717) is 18.1 Å². The maximum atomic E-state index is 13.2. The van der Waals surface area contributed by atoms with Crippen molar-refractivity contribution < 1.29 is 18.7 Å². The number of hydrogen-bond donors (Lipinski definition) is 0. The monoisotopic (exact) mass is 496 g/mol. The number of carbonyl (C=O) groups excluding carboxylic acids is 1. The van der Waals surface area contributed by atoms with Gasteiger partial charge in [0, 0.05) is 36.3 Å². The van der Waals surface area contributed by atoms with Crippen LogP contribution in [0.15, 0.2) is 65.3 Å². The zero-order valence-electron chi connectivity index (χ0n) is 20.6. The molecule has 0 N–H and O–H groups in total. The molecule has 7 heteroatoms. The summed E-state index contributed by atoms with van der Waals surface area (Å²) in [4.78, 5) is 17.4. The van der Waals surface area contributed by atoms with Crippen LogP contribution in [0.1, 0.15) is 34.5 Å². The number of amides is 1. The van der Waals surface area contributed by atoms with Crippen molar-refractivity contribution in [3.05, 3.63) is 82.8 Å². The Morgan fingerprint density at radius 2 is 1.86 bits per heavy atom. The number of likely N-dealkylation sites (tertiary alicyclic amines) is 1. The number of methoxy groups -OCH3 is 2. The minimum atomic E-state index is -0.0996. The highest BCUT2D eigenvalue weighted by molar-refractivity contribution is 6.31. The molecule has 3 aromatic rings. The number of furan rings is 1. The molecule has 1 amide bonds. The van der Waals surface area contributed by atoms with Crippen LogP contribution in [0.2, 0.25) is 5.02 Å². The predicted molar refractivity (Wildman–Crippen MR) is 137 cm³/mol. The van der Waals surface area contributed by atoms with Crippen molar-refractivity contribution in [1.82, 2.24) is 9.80 Å². The van der Waals surface area contributed by atoms with Gasteiger partial charge in [-0.15, -0.1) is 0 Å². The van der Waals surface area contributed by atoms with E-state index in [-0.39, 0.29) is 11.9 Å². The predicted octanol–water partition coefficient (Wildman–Crippen LogP) is 5.55. The van der Waals surface area contributed by atoms with E-state index in [1.165, 1.54) is 6.26 Å². The molecule has 0 radical (unpaired) electrons. The molecule has 0 aliphatic carbocycles. The van der Waals surface area contributed by atoms with Crippen molar-refractivity contribution >= 4 is 17.5 Å². The normalized spacial score (nSPS) is 15.5. The van der Waals surface area contributed by atoms with Crippen LogP contribution in [0, 0.1) is 5.92 Å². The molecule has 0 saturated carbocycles. The van der Waals surface area contributed by atoms with Gasteiger partial charge in [0.1, 0.15) is 11.5 Å². The lowest BCUT2D eigenvalue weighted by Crippen LogP contribution is -2.47. The van der Waals surface area contributed by atoms with Crippen LogP contribution in [0.5, 0.6) is 11.5 Å². The third-order valence-corrected chi connectivity index (χ3v) is 7.37. The molecule has 186 valence electrons. The Kier molecular flexibility index (Phi) is 8.37. The molecule has 35 heavy (non-hydrogen) atoms. The minimum Gasteiger partial charge on any atom is -0.497 e. The molecule has 2 aromatic carbocycles. The number of likely N-dealkylation sites (N-methyl/N-ethyl adjacent to an activating group) is 1. The first-order valence-electron chi connectivity index (χ1n) is 12.0. The molecule has 1 aliphatic heterocycles. The summed E-state index contributed by atoms with van der Waals surface area (Å²) in [6.07, 6.45) is 4.22. The molecule has 1 atom stereocenters. The smallest absolute Gasteiger partial charge is 0.289 e. The summed E-state index contributed by atoms with van der Waals surface area (Å²) in [7, 11) is 5.22. The highest BCUT2D eigenvalue weighted by atomic mass is 35.5. The number of nitrogens with zero attached hydrogens (tertiary/aromatic N) is 2. The molecule has 6 nitrogen and oxygen atoms in total. The van der Waals surface area contributed by atoms with Gasteiger partial charge in [0.25, 0.3) is 5.91 Å². The Balaban J connectivity index is 1.47. The van der Waals surface area contributed by atoms with Crippen LogP contribution in [-0.4, -0.2) is 56.1 Å². The van der Waals surface area contributed by atoms with Gasteiger partial charge in [0.15, 0.2) is 5.76 Å². The number of rotatable bonds is 9. The second-order valence-corrected chi connectivity index (χ2v) is 9.45. The zero-order valence-corrected chi connectivity index (χ0v) is 21.3. The molecule has 0 bridgehead atoms. The van der Waals surface area contributed by atoms with Crippen molar-refractivity contribution in [2.24, 2.45) is 5.92 Å². The average molecular weight is 497 g/mol. The summed E-state index contributed by atoms with van der Waals surface area (Å²) < 4.78 is 16.3. The number of carbonyl (C=O) groups is 1. The number of halogens is 1. The number of benzene rings is 2. The van der Waals surface area contributed by atoms with Crippen molar-refractivity contribution in [1.29, 1.82) is 0 Å². The Bertz CT molecular complexity index is 1110. The van der Waals surface area contributed by atoms with Crippen molar-refractivity contribution in [3.8, 4) is 11.5 Å². The molecule has 1 saturated heterocycles. The third kappa shape index (κ3) is 6.00. The molecular formula is C28H33ClN2O4. The number of hydrogen-bond acceptors (Lipinski definition) is 5. The van der Waals surface area contributed by atoms with Gasteiger partial charge in [-0.3, -0.25) is 9.69 Å². The molecule has 1 unspecified atom stereocenters. The molecule has 1 aliphatic rings. The topological polar surface area (TPSA) is 55.2 Å². The van der Waals surface area contributed by atoms with Crippen LogP contribution in [-0.2, 0) is 13.0 Å². The van der Waals surface area contributed by atoms with E-state index in [9.17, 15) is 4.79 Å². The van der Waals surface area contributed by atoms with Gasteiger partial charge in [-0.1, -0.05) is 35.9 Å². The summed E-state index contributed by atoms with van der Waals surface area (Å²) in [5, 5.41) is 0.736. The fraction of sp³-hybridized carbons (Fsp3) is 0.393. The fourth-order valence-electron chi connectivity index (χ4n) is 4.95. The van der Waals surface area contributed by atoms with Crippen LogP contribution in [0.25, 0.3) is 0 Å². The van der Waals surface area contributed by atoms with Crippen LogP contribution in [0.4, 0.5) is 0 Å². The van der Waals surface area contributed by atoms with E-state index in [1.807, 2.05) is 48.3 Å². The van der Waals surface area contributed by atoms with Gasteiger partial charge in [-0.25, -0.2) is 0 Å². The largest absolute Gasteiger partial charge is 0.497 e. The first-order chi connectivity index (χ1) is 17.0. The maximum Gasteiger partial charge on any atom is 0.289 e. The third-order valence-electron chi connectivity index (χ3n) is 7.00. The van der Waals surface area contributed by atoms with E-state index >= 15 is 0 Å². The van der Waals surface area contributed by atoms with Gasteiger partial charge in [-0.2, -0.15) is 0 Å². The second-order valence-electron chi connectivity index (χ2n) is 9.05. The van der Waals surface area contributed by atoms with Crippen LogP contribution < -0.4 is 9.47 Å². The first-order valence-corrected chi connectivity index (χ1v) is 12.3. The van der Waals surface area contributed by atoms with E-state index in [0.717, 1.165) is 60.1 Å². The molecule has 1 aromatic heterocycles. The molecule has 0 spiro atoms. The standard InChI is InChI=1S/C28H33ClN2O4/c1-30(28(32)26-9-6-16-35-26)25(17-21-7-4-5-8-24(21)29)20-12-14-31(15-13-20)19-22-10-11-23(33-2)18-27(22)34-3/h4-11,16,18,20,25H,12-15,17,19H2,1-3H3. The van der Waals surface area contributed by atoms with Gasteiger partial charge in [-0.05, 0) is 68.1 Å². The van der Waals surface area contributed by atoms with Crippen molar-refractivity contribution in [2.45, 2.75) is 31.8 Å². The van der Waals surface area contributed by atoms with E-state index < -0.39 is 0 Å². The Morgan fingerprint density at radius 1 is 1.09 bits per heavy atom. The molecule has 1 fully saturated rings. The van der Waals surface area contributed by atoms with E-state index in [1.54, 1.807) is 26.4 Å². The Hall–Kier alpha value is -2.96. The van der Waals surface area contributed by atoms with Crippen LogP contribution in [0.3, 0.4) is 0 Å². The zero-order chi connectivity index (χ0) is 24.8. The summed E-state index contributed by atoms with van der Waals surface area (Å²) in [5.74, 6) is 2.24. The number of ether oxygens (including phenoxy) is 2. The summed E-state index contributed by atoms with van der Waals surface area (Å²) in [6, 6.07) is 17.3. The Labute approximate surface area is 212 Å². The molecule has 4 rings (SSSR count). The van der Waals surface area contributed by atoms with Gasteiger partial charge in [0.05, 0.1) is 20.5 Å². The van der Waals surface area contributed by atoms with Gasteiger partial charge < -0.3 is 18.8 Å². The lowest BCUT2D eigenvalue weighted by atomic mass is 9.84. The number of piperidine rings is 1. The second kappa shape index (κ2) is 11.6. The SMILES string of the molecule is COc1ccc(CN2CCC(C(Cc3ccccc3Cl)N(C)C(=O)c3ccco3)CC2)c(OC)c1. The lowest BCUT2D eigenvalue weighted by Gasteiger charge is -2.40.